The van der Waals surface area contributed by atoms with Crippen LogP contribution in [-0.2, 0) is 11.2 Å². The van der Waals surface area contributed by atoms with Crippen molar-refractivity contribution in [2.75, 3.05) is 14.2 Å². The molecule has 110 valence electrons. The summed E-state index contributed by atoms with van der Waals surface area (Å²) in [6.45, 7) is 1.90. The van der Waals surface area contributed by atoms with Crippen molar-refractivity contribution >= 4 is 16.7 Å². The summed E-state index contributed by atoms with van der Waals surface area (Å²) in [6.07, 6.45) is 1.36. The van der Waals surface area contributed by atoms with Crippen LogP contribution in [0, 0.1) is 6.92 Å². The first-order valence-corrected chi connectivity index (χ1v) is 6.84. The van der Waals surface area contributed by atoms with Crippen LogP contribution in [0.25, 0.3) is 10.8 Å². The predicted octanol–water partition coefficient (Wildman–Crippen LogP) is 2.67. The van der Waals surface area contributed by atoms with E-state index in [2.05, 4.69) is 4.98 Å². The molecule has 0 fully saturated rings. The van der Waals surface area contributed by atoms with Crippen molar-refractivity contribution < 1.29 is 19.4 Å². The molecule has 1 aromatic carbocycles. The fourth-order valence-corrected chi connectivity index (χ4v) is 3.20. The highest BCUT2D eigenvalue weighted by Gasteiger charge is 2.33. The van der Waals surface area contributed by atoms with Crippen molar-refractivity contribution in [1.29, 1.82) is 0 Å². The van der Waals surface area contributed by atoms with Gasteiger partial charge in [0.1, 0.15) is 5.75 Å². The van der Waals surface area contributed by atoms with Crippen LogP contribution in [0.3, 0.4) is 0 Å². The number of pyridine rings is 1. The van der Waals surface area contributed by atoms with Crippen LogP contribution in [0.2, 0.25) is 0 Å². The number of methoxy groups -OCH3 is 2. The largest absolute Gasteiger partial charge is 0.496 e. The van der Waals surface area contributed by atoms with Gasteiger partial charge in [-0.15, -0.1) is 0 Å². The summed E-state index contributed by atoms with van der Waals surface area (Å²) in [5, 5.41) is 11.1. The maximum absolute atomic E-state index is 11.5. The number of aromatic nitrogens is 1. The number of hydrogen-bond donors (Lipinski definition) is 1. The molecule has 0 saturated heterocycles. The fraction of sp³-hybridized carbons (Fsp3) is 0.375. The van der Waals surface area contributed by atoms with Gasteiger partial charge in [-0.2, -0.15) is 0 Å². The molecule has 0 amide bonds. The Labute approximate surface area is 122 Å². The maximum Gasteiger partial charge on any atom is 0.311 e. The Balaban J connectivity index is 2.40. The van der Waals surface area contributed by atoms with Crippen LogP contribution < -0.4 is 9.47 Å². The monoisotopic (exact) mass is 287 g/mol. The lowest BCUT2D eigenvalue weighted by Crippen LogP contribution is -2.09. The highest BCUT2D eigenvalue weighted by molar-refractivity contribution is 5.97. The smallest absolute Gasteiger partial charge is 0.311 e. The summed E-state index contributed by atoms with van der Waals surface area (Å²) < 4.78 is 10.9. The van der Waals surface area contributed by atoms with Gasteiger partial charge in [-0.3, -0.25) is 4.79 Å². The molecule has 0 bridgehead atoms. The first-order valence-electron chi connectivity index (χ1n) is 6.84. The molecule has 5 nitrogen and oxygen atoms in total. The van der Waals surface area contributed by atoms with Crippen molar-refractivity contribution in [3.05, 3.63) is 29.0 Å². The van der Waals surface area contributed by atoms with E-state index in [1.165, 1.54) is 0 Å². The molecule has 1 aliphatic rings. The normalized spacial score (nSPS) is 16.8. The van der Waals surface area contributed by atoms with E-state index in [0.29, 0.717) is 18.1 Å². The average molecular weight is 287 g/mol. The summed E-state index contributed by atoms with van der Waals surface area (Å²) in [6, 6.07) is 4.00. The molecule has 0 radical (unpaired) electrons. The zero-order valence-corrected chi connectivity index (χ0v) is 12.3. The van der Waals surface area contributed by atoms with E-state index in [4.69, 9.17) is 9.47 Å². The molecule has 1 atom stereocenters. The molecule has 5 heteroatoms. The molecular formula is C16H17NO4. The number of nitrogens with zero attached hydrogens (tertiary/aromatic N) is 1. The molecule has 0 saturated carbocycles. The highest BCUT2D eigenvalue weighted by atomic mass is 16.5. The molecule has 1 aliphatic carbocycles. The van der Waals surface area contributed by atoms with E-state index in [0.717, 1.165) is 34.0 Å². The van der Waals surface area contributed by atoms with Gasteiger partial charge >= 0.3 is 5.97 Å². The number of rotatable bonds is 3. The Kier molecular flexibility index (Phi) is 3.20. The Bertz CT molecular complexity index is 739. The Hall–Kier alpha value is -2.30. The van der Waals surface area contributed by atoms with Gasteiger partial charge in [-0.05, 0) is 36.8 Å². The molecule has 1 aromatic heterocycles. The van der Waals surface area contributed by atoms with Crippen LogP contribution in [0.1, 0.15) is 29.2 Å². The third-order valence-corrected chi connectivity index (χ3v) is 4.04. The maximum atomic E-state index is 11.5. The van der Waals surface area contributed by atoms with Crippen LogP contribution in [0.4, 0.5) is 0 Å². The van der Waals surface area contributed by atoms with Crippen molar-refractivity contribution in [3.8, 4) is 11.6 Å². The van der Waals surface area contributed by atoms with Gasteiger partial charge in [-0.25, -0.2) is 4.98 Å². The van der Waals surface area contributed by atoms with Crippen LogP contribution in [0.5, 0.6) is 11.6 Å². The van der Waals surface area contributed by atoms with E-state index < -0.39 is 11.9 Å². The lowest BCUT2D eigenvalue weighted by atomic mass is 9.96. The Morgan fingerprint density at radius 1 is 1.33 bits per heavy atom. The number of carboxylic acid groups (broad SMARTS) is 1. The molecule has 2 aromatic rings. The summed E-state index contributed by atoms with van der Waals surface area (Å²) in [7, 11) is 3.12. The fourth-order valence-electron chi connectivity index (χ4n) is 3.20. The standard InChI is InChI=1S/C16H17NO4/c1-8-6-10-7-9-4-5-11(16(18)19)12(9)14(20-2)13(10)15(17-8)21-3/h6-7,11H,4-5H2,1-3H3,(H,18,19). The zero-order valence-electron chi connectivity index (χ0n) is 12.3. The summed E-state index contributed by atoms with van der Waals surface area (Å²) in [4.78, 5) is 15.8. The molecule has 1 heterocycles. The van der Waals surface area contributed by atoms with Crippen LogP contribution in [-0.4, -0.2) is 30.3 Å². The van der Waals surface area contributed by atoms with E-state index in [-0.39, 0.29) is 0 Å². The lowest BCUT2D eigenvalue weighted by Gasteiger charge is -2.16. The topological polar surface area (TPSA) is 68.7 Å². The summed E-state index contributed by atoms with van der Waals surface area (Å²) >= 11 is 0. The molecule has 1 N–H and O–H groups in total. The van der Waals surface area contributed by atoms with Gasteiger partial charge < -0.3 is 14.6 Å². The quantitative estimate of drug-likeness (QED) is 0.940. The molecule has 0 aliphatic heterocycles. The first-order chi connectivity index (χ1) is 10.1. The summed E-state index contributed by atoms with van der Waals surface area (Å²) in [5.74, 6) is -0.284. The number of benzene rings is 1. The van der Waals surface area contributed by atoms with E-state index in [1.807, 2.05) is 19.1 Å². The van der Waals surface area contributed by atoms with Gasteiger partial charge in [0.25, 0.3) is 0 Å². The van der Waals surface area contributed by atoms with Crippen molar-refractivity contribution in [3.63, 3.8) is 0 Å². The average Bonchev–Trinajstić information content (AvgIpc) is 2.87. The number of carbonyl (C=O) groups is 1. The molecule has 21 heavy (non-hydrogen) atoms. The van der Waals surface area contributed by atoms with E-state index >= 15 is 0 Å². The number of hydrogen-bond acceptors (Lipinski definition) is 4. The van der Waals surface area contributed by atoms with Gasteiger partial charge in [0.2, 0.25) is 5.88 Å². The van der Waals surface area contributed by atoms with Gasteiger partial charge in [-0.1, -0.05) is 6.07 Å². The zero-order chi connectivity index (χ0) is 15.1. The van der Waals surface area contributed by atoms with Crippen LogP contribution >= 0.6 is 0 Å². The second-order valence-corrected chi connectivity index (χ2v) is 5.28. The van der Waals surface area contributed by atoms with Crippen LogP contribution in [0.15, 0.2) is 12.1 Å². The molecular weight excluding hydrogens is 270 g/mol. The minimum atomic E-state index is -0.814. The third-order valence-electron chi connectivity index (χ3n) is 4.04. The number of ether oxygens (including phenoxy) is 2. The van der Waals surface area contributed by atoms with Gasteiger partial charge in [0.05, 0.1) is 25.5 Å². The second-order valence-electron chi connectivity index (χ2n) is 5.28. The number of fused-ring (bicyclic) bond motifs is 2. The number of carboxylic acids is 1. The first kappa shape index (κ1) is 13.7. The van der Waals surface area contributed by atoms with Gasteiger partial charge in [0, 0.05) is 11.3 Å². The minimum absolute atomic E-state index is 0.473. The SMILES string of the molecule is COc1nc(C)cc2cc3c(c(OC)c12)C(C(=O)O)CC3. The predicted molar refractivity (Wildman–Crippen MR) is 78.3 cm³/mol. The Morgan fingerprint density at radius 3 is 2.71 bits per heavy atom. The van der Waals surface area contributed by atoms with Crippen molar-refractivity contribution in [1.82, 2.24) is 4.98 Å². The number of aliphatic carboxylic acids is 1. The minimum Gasteiger partial charge on any atom is -0.496 e. The summed E-state index contributed by atoms with van der Waals surface area (Å²) in [5.41, 5.74) is 2.66. The van der Waals surface area contributed by atoms with Gasteiger partial charge in [0.15, 0.2) is 0 Å². The Morgan fingerprint density at radius 2 is 2.10 bits per heavy atom. The van der Waals surface area contributed by atoms with E-state index in [1.54, 1.807) is 14.2 Å². The second kappa shape index (κ2) is 4.91. The number of aryl methyl sites for hydroxylation is 2. The third kappa shape index (κ3) is 2.00. The van der Waals surface area contributed by atoms with Crippen molar-refractivity contribution in [2.45, 2.75) is 25.7 Å². The lowest BCUT2D eigenvalue weighted by molar-refractivity contribution is -0.138. The highest BCUT2D eigenvalue weighted by Crippen LogP contribution is 2.46. The molecule has 1 unspecified atom stereocenters. The molecule has 3 rings (SSSR count). The molecule has 0 spiro atoms. The van der Waals surface area contributed by atoms with Crippen molar-refractivity contribution in [2.24, 2.45) is 0 Å². The van der Waals surface area contributed by atoms with E-state index in [9.17, 15) is 9.90 Å².